The van der Waals surface area contributed by atoms with Crippen molar-refractivity contribution in [1.29, 1.82) is 0 Å². The number of aromatic nitrogens is 2. The van der Waals surface area contributed by atoms with Crippen molar-refractivity contribution in [2.24, 2.45) is 0 Å². The highest BCUT2D eigenvalue weighted by atomic mass is 16.5. The Morgan fingerprint density at radius 3 is 2.17 bits per heavy atom. The molecule has 30 heavy (non-hydrogen) atoms. The Kier molecular flexibility index (Phi) is 6.59. The highest BCUT2D eigenvalue weighted by Gasteiger charge is 2.16. The Morgan fingerprint density at radius 1 is 0.933 bits per heavy atom. The van der Waals surface area contributed by atoms with Crippen LogP contribution in [0.15, 0.2) is 60.9 Å². The van der Waals surface area contributed by atoms with Gasteiger partial charge in [0.25, 0.3) is 0 Å². The molecule has 0 saturated carbocycles. The Balaban J connectivity index is 1.66. The van der Waals surface area contributed by atoms with Crippen LogP contribution in [0.4, 0.5) is 0 Å². The van der Waals surface area contributed by atoms with E-state index in [2.05, 4.69) is 14.6 Å². The summed E-state index contributed by atoms with van der Waals surface area (Å²) in [7, 11) is 2.43. The average molecular weight is 408 g/mol. The summed E-state index contributed by atoms with van der Waals surface area (Å²) in [5, 5.41) is 4.29. The number of para-hydroxylation sites is 1. The second-order valence-corrected chi connectivity index (χ2v) is 6.33. The summed E-state index contributed by atoms with van der Waals surface area (Å²) in [5.41, 5.74) is 1.94. The van der Waals surface area contributed by atoms with E-state index in [1.54, 1.807) is 10.9 Å². The van der Waals surface area contributed by atoms with Crippen molar-refractivity contribution in [3.63, 3.8) is 0 Å². The molecule has 0 atom stereocenters. The third kappa shape index (κ3) is 5.11. The molecule has 0 aliphatic heterocycles. The van der Waals surface area contributed by atoms with E-state index in [1.165, 1.54) is 32.4 Å². The molecule has 154 valence electrons. The summed E-state index contributed by atoms with van der Waals surface area (Å²) in [6.07, 6.45) is 4.05. The molecular formula is C22H20N2O6. The molecule has 8 nitrogen and oxygen atoms in total. The van der Waals surface area contributed by atoms with Crippen LogP contribution in [-0.4, -0.2) is 41.9 Å². The molecule has 2 aromatic carbocycles. The molecule has 0 bridgehead atoms. The lowest BCUT2D eigenvalue weighted by Crippen LogP contribution is -2.12. The van der Waals surface area contributed by atoms with Crippen LogP contribution in [-0.2, 0) is 20.7 Å². The molecule has 0 aliphatic carbocycles. The number of carbonyl (C=O) groups is 3. The lowest BCUT2D eigenvalue weighted by atomic mass is 10.1. The third-order valence-electron chi connectivity index (χ3n) is 4.26. The molecule has 0 fully saturated rings. The summed E-state index contributed by atoms with van der Waals surface area (Å²) in [6.45, 7) is 0. The first kappa shape index (κ1) is 20.8. The van der Waals surface area contributed by atoms with Crippen LogP contribution < -0.4 is 4.74 Å². The number of esters is 3. The molecule has 0 N–H and O–H groups in total. The van der Waals surface area contributed by atoms with Crippen LogP contribution in [0.2, 0.25) is 0 Å². The molecule has 3 rings (SSSR count). The number of rotatable bonds is 7. The topological polar surface area (TPSA) is 96.7 Å². The van der Waals surface area contributed by atoms with Gasteiger partial charge in [0.05, 0.1) is 43.7 Å². The SMILES string of the molecule is COC(=O)c1cc(OC(=O)CCc2cnn(-c3ccccc3)c2)cc(C(=O)OC)c1. The predicted octanol–water partition coefficient (Wildman–Crippen LogP) is 2.98. The number of hydrogen-bond donors (Lipinski definition) is 0. The van der Waals surface area contributed by atoms with Gasteiger partial charge in [-0.2, -0.15) is 5.10 Å². The van der Waals surface area contributed by atoms with E-state index < -0.39 is 17.9 Å². The fraction of sp³-hybridized carbons (Fsp3) is 0.182. The highest BCUT2D eigenvalue weighted by molar-refractivity contribution is 5.96. The second kappa shape index (κ2) is 9.51. The van der Waals surface area contributed by atoms with Gasteiger partial charge in [-0.15, -0.1) is 0 Å². The molecule has 0 amide bonds. The van der Waals surface area contributed by atoms with Crippen LogP contribution in [0.3, 0.4) is 0 Å². The predicted molar refractivity (Wildman–Crippen MR) is 107 cm³/mol. The van der Waals surface area contributed by atoms with E-state index in [9.17, 15) is 14.4 Å². The number of nitrogens with zero attached hydrogens (tertiary/aromatic N) is 2. The van der Waals surface area contributed by atoms with Crippen molar-refractivity contribution < 1.29 is 28.6 Å². The zero-order chi connectivity index (χ0) is 21.5. The highest BCUT2D eigenvalue weighted by Crippen LogP contribution is 2.20. The molecule has 0 aliphatic rings. The van der Waals surface area contributed by atoms with Crippen LogP contribution in [0.5, 0.6) is 5.75 Å². The van der Waals surface area contributed by atoms with Crippen molar-refractivity contribution in [2.75, 3.05) is 14.2 Å². The maximum atomic E-state index is 12.3. The average Bonchev–Trinajstić information content (AvgIpc) is 3.26. The monoisotopic (exact) mass is 408 g/mol. The number of hydrogen-bond acceptors (Lipinski definition) is 7. The fourth-order valence-electron chi connectivity index (χ4n) is 2.77. The van der Waals surface area contributed by atoms with Gasteiger partial charge in [0.15, 0.2) is 0 Å². The zero-order valence-corrected chi connectivity index (χ0v) is 16.5. The van der Waals surface area contributed by atoms with E-state index in [4.69, 9.17) is 4.74 Å². The number of benzene rings is 2. The van der Waals surface area contributed by atoms with Crippen molar-refractivity contribution in [2.45, 2.75) is 12.8 Å². The Hall–Kier alpha value is -3.94. The van der Waals surface area contributed by atoms with Gasteiger partial charge in [0, 0.05) is 6.20 Å². The fourth-order valence-corrected chi connectivity index (χ4v) is 2.77. The molecule has 0 unspecified atom stereocenters. The number of aryl methyl sites for hydroxylation is 1. The molecule has 1 aromatic heterocycles. The summed E-state index contributed by atoms with van der Waals surface area (Å²) < 4.78 is 16.4. The minimum Gasteiger partial charge on any atom is -0.465 e. The van der Waals surface area contributed by atoms with Gasteiger partial charge in [0.2, 0.25) is 0 Å². The first-order valence-electron chi connectivity index (χ1n) is 9.11. The van der Waals surface area contributed by atoms with E-state index in [0.29, 0.717) is 6.42 Å². The smallest absolute Gasteiger partial charge is 0.338 e. The van der Waals surface area contributed by atoms with Gasteiger partial charge >= 0.3 is 17.9 Å². The largest absolute Gasteiger partial charge is 0.465 e. The summed E-state index contributed by atoms with van der Waals surface area (Å²) in [5.74, 6) is -1.78. The van der Waals surface area contributed by atoms with Gasteiger partial charge in [-0.05, 0) is 42.3 Å². The maximum absolute atomic E-state index is 12.3. The lowest BCUT2D eigenvalue weighted by molar-refractivity contribution is -0.134. The normalized spacial score (nSPS) is 10.3. The molecule has 0 saturated heterocycles. The number of carbonyl (C=O) groups excluding carboxylic acids is 3. The van der Waals surface area contributed by atoms with Crippen molar-refractivity contribution in [1.82, 2.24) is 9.78 Å². The summed E-state index contributed by atoms with van der Waals surface area (Å²) in [6, 6.07) is 13.6. The van der Waals surface area contributed by atoms with Crippen LogP contribution >= 0.6 is 0 Å². The van der Waals surface area contributed by atoms with Crippen LogP contribution in [0.25, 0.3) is 5.69 Å². The van der Waals surface area contributed by atoms with Crippen molar-refractivity contribution in [3.05, 3.63) is 77.6 Å². The molecule has 0 spiro atoms. The van der Waals surface area contributed by atoms with Gasteiger partial charge in [-0.3, -0.25) is 4.79 Å². The van der Waals surface area contributed by atoms with E-state index in [1.807, 2.05) is 36.5 Å². The third-order valence-corrected chi connectivity index (χ3v) is 4.26. The first-order chi connectivity index (χ1) is 14.5. The molecule has 0 radical (unpaired) electrons. The summed E-state index contributed by atoms with van der Waals surface area (Å²) >= 11 is 0. The lowest BCUT2D eigenvalue weighted by Gasteiger charge is -2.08. The van der Waals surface area contributed by atoms with Gasteiger partial charge in [0.1, 0.15) is 5.75 Å². The zero-order valence-electron chi connectivity index (χ0n) is 16.5. The van der Waals surface area contributed by atoms with Crippen LogP contribution in [0.1, 0.15) is 32.7 Å². The standard InChI is InChI=1S/C22H20N2O6/c1-28-21(26)16-10-17(22(27)29-2)12-19(11-16)30-20(25)9-8-15-13-23-24(14-15)18-6-4-3-5-7-18/h3-7,10-14H,8-9H2,1-2H3. The second-order valence-electron chi connectivity index (χ2n) is 6.33. The van der Waals surface area contributed by atoms with Crippen LogP contribution in [0, 0.1) is 0 Å². The van der Waals surface area contributed by atoms with Gasteiger partial charge < -0.3 is 14.2 Å². The van der Waals surface area contributed by atoms with E-state index in [0.717, 1.165) is 11.3 Å². The Bertz CT molecular complexity index is 1020. The Labute approximate surface area is 173 Å². The maximum Gasteiger partial charge on any atom is 0.338 e. The quantitative estimate of drug-likeness (QED) is 0.438. The molecular weight excluding hydrogens is 388 g/mol. The van der Waals surface area contributed by atoms with E-state index >= 15 is 0 Å². The van der Waals surface area contributed by atoms with Crippen molar-refractivity contribution in [3.8, 4) is 11.4 Å². The molecule has 8 heteroatoms. The van der Waals surface area contributed by atoms with Gasteiger partial charge in [-0.1, -0.05) is 18.2 Å². The Morgan fingerprint density at radius 2 is 1.57 bits per heavy atom. The molecule has 1 heterocycles. The number of methoxy groups -OCH3 is 2. The first-order valence-corrected chi connectivity index (χ1v) is 9.11. The minimum absolute atomic E-state index is 0.0586. The van der Waals surface area contributed by atoms with Crippen molar-refractivity contribution >= 4 is 17.9 Å². The number of ether oxygens (including phenoxy) is 3. The minimum atomic E-state index is -0.661. The van der Waals surface area contributed by atoms with Gasteiger partial charge in [-0.25, -0.2) is 14.3 Å². The van der Waals surface area contributed by atoms with E-state index in [-0.39, 0.29) is 23.3 Å². The molecule has 3 aromatic rings. The summed E-state index contributed by atoms with van der Waals surface area (Å²) in [4.78, 5) is 35.9.